The molecule has 1 aliphatic rings. The summed E-state index contributed by atoms with van der Waals surface area (Å²) in [6.07, 6.45) is 7.61. The number of carbonyl (C=O) groups excluding carboxylic acids is 1. The molecule has 0 aromatic heterocycles. The van der Waals surface area contributed by atoms with Crippen molar-refractivity contribution in [2.45, 2.75) is 41.5 Å². The Balaban J connectivity index is 0.00000137. The van der Waals surface area contributed by atoms with Crippen molar-refractivity contribution in [1.29, 1.82) is 0 Å². The number of allylic oxidation sites excluding steroid dienone is 6. The largest absolute Gasteiger partial charge is 0.291 e. The maximum absolute atomic E-state index is 12.4. The molecule has 0 aromatic rings. The van der Waals surface area contributed by atoms with Crippen molar-refractivity contribution in [2.75, 3.05) is 6.67 Å². The average Bonchev–Trinajstić information content (AvgIpc) is 2.49. The Morgan fingerprint density at radius 1 is 1.22 bits per heavy atom. The Morgan fingerprint density at radius 2 is 1.78 bits per heavy atom. The molecule has 0 aromatic carbocycles. The molecule has 0 saturated heterocycles. The molecular weight excluding hydrogens is 227 g/mol. The van der Waals surface area contributed by atoms with Gasteiger partial charge in [0.1, 0.15) is 0 Å². The van der Waals surface area contributed by atoms with Crippen LogP contribution in [0.2, 0.25) is 0 Å². The van der Waals surface area contributed by atoms with E-state index in [0.29, 0.717) is 11.5 Å². The van der Waals surface area contributed by atoms with E-state index in [-0.39, 0.29) is 5.41 Å². The molecule has 0 fully saturated rings. The second-order valence-corrected chi connectivity index (χ2v) is 5.11. The fourth-order valence-electron chi connectivity index (χ4n) is 1.76. The molecule has 1 nitrogen and oxygen atoms in total. The lowest BCUT2D eigenvalue weighted by Gasteiger charge is -2.17. The van der Waals surface area contributed by atoms with Crippen LogP contribution in [-0.2, 0) is 4.79 Å². The highest BCUT2D eigenvalue weighted by Crippen LogP contribution is 2.29. The molecule has 18 heavy (non-hydrogen) atoms. The van der Waals surface area contributed by atoms with E-state index < -0.39 is 12.5 Å². The normalized spacial score (nSPS) is 17.3. The van der Waals surface area contributed by atoms with Gasteiger partial charge >= 0.3 is 0 Å². The molecule has 102 valence electrons. The fourth-order valence-corrected chi connectivity index (χ4v) is 1.76. The Kier molecular flexibility index (Phi) is 6.82. The molecule has 1 aliphatic carbocycles. The summed E-state index contributed by atoms with van der Waals surface area (Å²) in [5, 5.41) is 0. The molecule has 0 N–H and O–H groups in total. The number of ketones is 1. The minimum atomic E-state index is -0.927. The van der Waals surface area contributed by atoms with Crippen molar-refractivity contribution >= 4 is 5.78 Å². The summed E-state index contributed by atoms with van der Waals surface area (Å²) < 4.78 is 12.4. The van der Waals surface area contributed by atoms with E-state index in [4.69, 9.17) is 0 Å². The molecule has 0 heterocycles. The number of rotatable bonds is 3. The Morgan fingerprint density at radius 3 is 2.22 bits per heavy atom. The topological polar surface area (TPSA) is 17.1 Å². The van der Waals surface area contributed by atoms with Gasteiger partial charge in [0, 0.05) is 11.0 Å². The standard InChI is InChI=1S/C14H19FO.C2H6/c1-10(2)11-5-6-12(13(16)9-15)8-14(3,4)7-11;1-2/h5-8,10H,9H2,1-4H3;1-2H3. The number of Topliss-reactive ketones (excluding diaryl/α,β-unsaturated/α-hetero) is 1. The molecule has 0 amide bonds. The van der Waals surface area contributed by atoms with Crippen LogP contribution in [0.25, 0.3) is 0 Å². The summed E-state index contributed by atoms with van der Waals surface area (Å²) in [7, 11) is 0. The van der Waals surface area contributed by atoms with Gasteiger partial charge in [0.2, 0.25) is 0 Å². The lowest BCUT2D eigenvalue weighted by molar-refractivity contribution is -0.116. The third-order valence-electron chi connectivity index (χ3n) is 2.63. The number of alkyl halides is 1. The second kappa shape index (κ2) is 7.30. The lowest BCUT2D eigenvalue weighted by atomic mass is 9.87. The maximum Gasteiger partial charge on any atom is 0.193 e. The molecular formula is C16H25FO. The lowest BCUT2D eigenvalue weighted by Crippen LogP contribution is -2.09. The van der Waals surface area contributed by atoms with Crippen LogP contribution in [-0.4, -0.2) is 12.5 Å². The highest BCUT2D eigenvalue weighted by molar-refractivity contribution is 5.99. The first kappa shape index (κ1) is 16.8. The van der Waals surface area contributed by atoms with E-state index in [2.05, 4.69) is 19.9 Å². The monoisotopic (exact) mass is 252 g/mol. The second-order valence-electron chi connectivity index (χ2n) is 5.11. The summed E-state index contributed by atoms with van der Waals surface area (Å²) in [5.74, 6) is -0.0357. The van der Waals surface area contributed by atoms with Crippen molar-refractivity contribution in [3.05, 3.63) is 35.5 Å². The van der Waals surface area contributed by atoms with Gasteiger partial charge in [-0.1, -0.05) is 65.8 Å². The summed E-state index contributed by atoms with van der Waals surface area (Å²) in [5.41, 5.74) is 1.45. The first-order valence-electron chi connectivity index (χ1n) is 6.58. The maximum atomic E-state index is 12.4. The Labute approximate surface area is 110 Å². The summed E-state index contributed by atoms with van der Waals surface area (Å²) >= 11 is 0. The van der Waals surface area contributed by atoms with Crippen LogP contribution in [0.3, 0.4) is 0 Å². The van der Waals surface area contributed by atoms with Gasteiger partial charge in [-0.15, -0.1) is 0 Å². The van der Waals surface area contributed by atoms with Crippen LogP contribution >= 0.6 is 0 Å². The molecule has 0 bridgehead atoms. The van der Waals surface area contributed by atoms with Gasteiger partial charge in [-0.2, -0.15) is 0 Å². The van der Waals surface area contributed by atoms with Gasteiger partial charge in [-0.3, -0.25) is 4.79 Å². The number of hydrogen-bond donors (Lipinski definition) is 0. The zero-order chi connectivity index (χ0) is 14.3. The summed E-state index contributed by atoms with van der Waals surface area (Å²) in [6.45, 7) is 11.3. The average molecular weight is 252 g/mol. The van der Waals surface area contributed by atoms with Gasteiger partial charge in [-0.05, 0) is 11.5 Å². The van der Waals surface area contributed by atoms with E-state index in [1.807, 2.05) is 39.8 Å². The Hall–Kier alpha value is -1.18. The zero-order valence-corrected chi connectivity index (χ0v) is 12.4. The molecule has 1 rings (SSSR count). The highest BCUT2D eigenvalue weighted by atomic mass is 19.1. The van der Waals surface area contributed by atoms with E-state index in [9.17, 15) is 9.18 Å². The smallest absolute Gasteiger partial charge is 0.193 e. The van der Waals surface area contributed by atoms with Crippen molar-refractivity contribution in [3.8, 4) is 0 Å². The van der Waals surface area contributed by atoms with Crippen molar-refractivity contribution in [3.63, 3.8) is 0 Å². The number of carbonyl (C=O) groups is 1. The number of halogens is 1. The van der Waals surface area contributed by atoms with Gasteiger partial charge in [0.25, 0.3) is 0 Å². The van der Waals surface area contributed by atoms with Crippen molar-refractivity contribution in [1.82, 2.24) is 0 Å². The molecule has 0 saturated carbocycles. The van der Waals surface area contributed by atoms with Crippen molar-refractivity contribution < 1.29 is 9.18 Å². The molecule has 0 aliphatic heterocycles. The van der Waals surface area contributed by atoms with Crippen molar-refractivity contribution in [2.24, 2.45) is 11.3 Å². The first-order chi connectivity index (χ1) is 8.35. The first-order valence-corrected chi connectivity index (χ1v) is 6.58. The van der Waals surface area contributed by atoms with E-state index in [0.717, 1.165) is 0 Å². The summed E-state index contributed by atoms with van der Waals surface area (Å²) in [4.78, 5) is 11.4. The third-order valence-corrected chi connectivity index (χ3v) is 2.63. The predicted octanol–water partition coefficient (Wildman–Crippen LogP) is 4.66. The van der Waals surface area contributed by atoms with Gasteiger partial charge in [-0.25, -0.2) is 4.39 Å². The quantitative estimate of drug-likeness (QED) is 0.714. The van der Waals surface area contributed by atoms with Crippen LogP contribution in [0.15, 0.2) is 35.5 Å². The van der Waals surface area contributed by atoms with Crippen LogP contribution in [0.5, 0.6) is 0 Å². The van der Waals surface area contributed by atoms with Crippen LogP contribution in [0.1, 0.15) is 41.5 Å². The Bertz CT molecular complexity index is 371. The fraction of sp³-hybridized carbons (Fsp3) is 0.562. The predicted molar refractivity (Wildman–Crippen MR) is 76.3 cm³/mol. The highest BCUT2D eigenvalue weighted by Gasteiger charge is 2.19. The van der Waals surface area contributed by atoms with E-state index >= 15 is 0 Å². The van der Waals surface area contributed by atoms with E-state index in [1.165, 1.54) is 5.57 Å². The summed E-state index contributed by atoms with van der Waals surface area (Å²) in [6, 6.07) is 0. The van der Waals surface area contributed by atoms with E-state index in [1.54, 1.807) is 6.08 Å². The minimum Gasteiger partial charge on any atom is -0.291 e. The molecule has 0 spiro atoms. The minimum absolute atomic E-state index is 0.205. The van der Waals surface area contributed by atoms with Crippen LogP contribution < -0.4 is 0 Å². The third kappa shape index (κ3) is 4.99. The van der Waals surface area contributed by atoms with Gasteiger partial charge in [0.15, 0.2) is 12.5 Å². The van der Waals surface area contributed by atoms with Gasteiger partial charge in [0.05, 0.1) is 0 Å². The molecule has 0 unspecified atom stereocenters. The van der Waals surface area contributed by atoms with Crippen LogP contribution in [0.4, 0.5) is 4.39 Å². The van der Waals surface area contributed by atoms with Gasteiger partial charge < -0.3 is 0 Å². The zero-order valence-electron chi connectivity index (χ0n) is 12.4. The molecule has 0 radical (unpaired) electrons. The molecule has 0 atom stereocenters. The molecule has 2 heteroatoms. The number of hydrogen-bond acceptors (Lipinski definition) is 1. The SMILES string of the molecule is CC.CC(C)C1=CC(C)(C)C=C(C(=O)CF)C=C1. The van der Waals surface area contributed by atoms with Crippen LogP contribution in [0, 0.1) is 11.3 Å².